The van der Waals surface area contributed by atoms with Crippen LogP contribution in [-0.2, 0) is 22.4 Å². The molecule has 4 rings (SSSR count). The van der Waals surface area contributed by atoms with Crippen LogP contribution < -0.4 is 5.32 Å². The molecule has 1 aliphatic rings. The zero-order chi connectivity index (χ0) is 20.8. The summed E-state index contributed by atoms with van der Waals surface area (Å²) in [5.41, 5.74) is 1.01. The third kappa shape index (κ3) is 4.94. The first-order valence-corrected chi connectivity index (χ1v) is 10.2. The molecular weight excluding hydrogens is 384 g/mol. The number of benzene rings is 1. The predicted octanol–water partition coefficient (Wildman–Crippen LogP) is 2.61. The molecule has 1 N–H and O–H groups in total. The summed E-state index contributed by atoms with van der Waals surface area (Å²) in [7, 11) is 0. The molecule has 0 radical (unpaired) electrons. The molecule has 1 aliphatic heterocycles. The largest absolute Gasteiger partial charge is 0.461 e. The monoisotopic (exact) mass is 408 g/mol. The average molecular weight is 408 g/mol. The summed E-state index contributed by atoms with van der Waals surface area (Å²) >= 11 is 0. The number of aromatic nitrogens is 2. The number of amides is 2. The zero-order valence-electron chi connectivity index (χ0n) is 16.6. The van der Waals surface area contributed by atoms with Crippen molar-refractivity contribution in [2.75, 3.05) is 13.1 Å². The number of carbonyl (C=O) groups excluding carboxylic acids is 2. The van der Waals surface area contributed by atoms with Gasteiger partial charge in [0.15, 0.2) is 5.76 Å². The van der Waals surface area contributed by atoms with Crippen LogP contribution in [0.1, 0.15) is 30.7 Å². The van der Waals surface area contributed by atoms with Gasteiger partial charge < -0.3 is 19.2 Å². The SMILES string of the molecule is O=C(CCc1nc(-c2ccco2)no1)NC(Cc1ccccc1)C(=O)N1CCCC1. The Balaban J connectivity index is 1.36. The molecule has 2 amide bonds. The van der Waals surface area contributed by atoms with Gasteiger partial charge in [0.05, 0.1) is 6.26 Å². The van der Waals surface area contributed by atoms with Gasteiger partial charge in [0, 0.05) is 32.4 Å². The summed E-state index contributed by atoms with van der Waals surface area (Å²) in [4.78, 5) is 31.6. The number of likely N-dealkylation sites (tertiary alicyclic amines) is 1. The maximum atomic E-state index is 13.0. The summed E-state index contributed by atoms with van der Waals surface area (Å²) in [5, 5.41) is 6.77. The Morgan fingerprint density at radius 1 is 1.10 bits per heavy atom. The van der Waals surface area contributed by atoms with Crippen LogP contribution in [0.2, 0.25) is 0 Å². The van der Waals surface area contributed by atoms with Crippen molar-refractivity contribution in [3.63, 3.8) is 0 Å². The first-order valence-electron chi connectivity index (χ1n) is 10.2. The highest BCUT2D eigenvalue weighted by atomic mass is 16.5. The number of nitrogens with one attached hydrogen (secondary N) is 1. The number of hydrogen-bond acceptors (Lipinski definition) is 6. The fourth-order valence-electron chi connectivity index (χ4n) is 3.56. The van der Waals surface area contributed by atoms with Crippen LogP contribution in [0, 0.1) is 0 Å². The highest BCUT2D eigenvalue weighted by Crippen LogP contribution is 2.16. The summed E-state index contributed by atoms with van der Waals surface area (Å²) in [6, 6.07) is 12.6. The molecule has 1 fully saturated rings. The van der Waals surface area contributed by atoms with E-state index in [1.165, 1.54) is 6.26 Å². The van der Waals surface area contributed by atoms with E-state index in [1.54, 1.807) is 12.1 Å². The molecule has 3 heterocycles. The van der Waals surface area contributed by atoms with E-state index in [0.29, 0.717) is 23.9 Å². The number of aryl methyl sites for hydroxylation is 1. The number of furan rings is 1. The maximum Gasteiger partial charge on any atom is 0.245 e. The van der Waals surface area contributed by atoms with Crippen molar-refractivity contribution in [1.82, 2.24) is 20.4 Å². The van der Waals surface area contributed by atoms with Crippen LogP contribution in [0.15, 0.2) is 57.7 Å². The van der Waals surface area contributed by atoms with E-state index in [-0.39, 0.29) is 24.7 Å². The number of rotatable bonds is 8. The van der Waals surface area contributed by atoms with Gasteiger partial charge >= 0.3 is 0 Å². The van der Waals surface area contributed by atoms with Gasteiger partial charge in [-0.15, -0.1) is 0 Å². The van der Waals surface area contributed by atoms with E-state index in [0.717, 1.165) is 31.5 Å². The molecule has 0 aliphatic carbocycles. The Kier molecular flexibility index (Phi) is 6.22. The first kappa shape index (κ1) is 19.9. The molecule has 1 atom stereocenters. The van der Waals surface area contributed by atoms with Gasteiger partial charge in [0.2, 0.25) is 23.5 Å². The molecule has 0 spiro atoms. The Morgan fingerprint density at radius 2 is 1.90 bits per heavy atom. The van der Waals surface area contributed by atoms with E-state index in [4.69, 9.17) is 8.94 Å². The fraction of sp³-hybridized carbons (Fsp3) is 0.364. The average Bonchev–Trinajstić information content (AvgIpc) is 3.54. The smallest absolute Gasteiger partial charge is 0.245 e. The predicted molar refractivity (Wildman–Crippen MR) is 108 cm³/mol. The molecule has 8 heteroatoms. The maximum absolute atomic E-state index is 13.0. The minimum absolute atomic E-state index is 0.0254. The van der Waals surface area contributed by atoms with Gasteiger partial charge in [-0.2, -0.15) is 4.98 Å². The molecule has 30 heavy (non-hydrogen) atoms. The topological polar surface area (TPSA) is 101 Å². The van der Waals surface area contributed by atoms with E-state index in [1.807, 2.05) is 35.2 Å². The van der Waals surface area contributed by atoms with Crippen LogP contribution in [0.4, 0.5) is 0 Å². The fourth-order valence-corrected chi connectivity index (χ4v) is 3.56. The molecule has 156 valence electrons. The lowest BCUT2D eigenvalue weighted by molar-refractivity contribution is -0.135. The second-order valence-electron chi connectivity index (χ2n) is 7.33. The van der Waals surface area contributed by atoms with Crippen molar-refractivity contribution in [3.8, 4) is 11.6 Å². The van der Waals surface area contributed by atoms with E-state index >= 15 is 0 Å². The number of hydrogen-bond donors (Lipinski definition) is 1. The lowest BCUT2D eigenvalue weighted by atomic mass is 10.0. The van der Waals surface area contributed by atoms with Crippen LogP contribution >= 0.6 is 0 Å². The summed E-state index contributed by atoms with van der Waals surface area (Å²) in [6.07, 6.45) is 4.45. The van der Waals surface area contributed by atoms with E-state index < -0.39 is 6.04 Å². The van der Waals surface area contributed by atoms with Crippen LogP contribution in [0.5, 0.6) is 0 Å². The van der Waals surface area contributed by atoms with Crippen molar-refractivity contribution in [2.45, 2.75) is 38.1 Å². The highest BCUT2D eigenvalue weighted by Gasteiger charge is 2.28. The molecular formula is C22H24N4O4. The van der Waals surface area contributed by atoms with Gasteiger partial charge in [0.1, 0.15) is 6.04 Å². The Labute approximate surface area is 174 Å². The van der Waals surface area contributed by atoms with Crippen molar-refractivity contribution in [3.05, 3.63) is 60.2 Å². The van der Waals surface area contributed by atoms with Gasteiger partial charge in [-0.25, -0.2) is 0 Å². The summed E-state index contributed by atoms with van der Waals surface area (Å²) in [6.45, 7) is 1.50. The Morgan fingerprint density at radius 3 is 2.63 bits per heavy atom. The second kappa shape index (κ2) is 9.39. The van der Waals surface area contributed by atoms with Crippen LogP contribution in [0.25, 0.3) is 11.6 Å². The number of carbonyl (C=O) groups is 2. The van der Waals surface area contributed by atoms with E-state index in [2.05, 4.69) is 15.5 Å². The highest BCUT2D eigenvalue weighted by molar-refractivity contribution is 5.88. The van der Waals surface area contributed by atoms with Gasteiger partial charge in [-0.05, 0) is 30.5 Å². The van der Waals surface area contributed by atoms with Crippen LogP contribution in [-0.4, -0.2) is 46.0 Å². The van der Waals surface area contributed by atoms with Crippen molar-refractivity contribution in [1.29, 1.82) is 0 Å². The second-order valence-corrected chi connectivity index (χ2v) is 7.33. The molecule has 3 aromatic rings. The lowest BCUT2D eigenvalue weighted by Crippen LogP contribution is -2.49. The zero-order valence-corrected chi connectivity index (χ0v) is 16.6. The molecule has 1 unspecified atom stereocenters. The van der Waals surface area contributed by atoms with Crippen molar-refractivity contribution >= 4 is 11.8 Å². The van der Waals surface area contributed by atoms with Gasteiger partial charge in [-0.3, -0.25) is 9.59 Å². The molecule has 0 saturated carbocycles. The summed E-state index contributed by atoms with van der Waals surface area (Å²) < 4.78 is 10.4. The molecule has 1 saturated heterocycles. The summed E-state index contributed by atoms with van der Waals surface area (Å²) in [5.74, 6) is 0.959. The quantitative estimate of drug-likeness (QED) is 0.615. The minimum atomic E-state index is -0.584. The normalized spacial score (nSPS) is 14.6. The molecule has 0 bridgehead atoms. The number of nitrogens with zero attached hydrogens (tertiary/aromatic N) is 3. The van der Waals surface area contributed by atoms with Gasteiger partial charge in [0.25, 0.3) is 0 Å². The third-order valence-corrected chi connectivity index (χ3v) is 5.11. The molecule has 8 nitrogen and oxygen atoms in total. The minimum Gasteiger partial charge on any atom is -0.461 e. The van der Waals surface area contributed by atoms with Gasteiger partial charge in [-0.1, -0.05) is 35.5 Å². The van der Waals surface area contributed by atoms with E-state index in [9.17, 15) is 9.59 Å². The molecule has 1 aromatic carbocycles. The first-order chi connectivity index (χ1) is 14.7. The van der Waals surface area contributed by atoms with Crippen molar-refractivity contribution in [2.24, 2.45) is 0 Å². The van der Waals surface area contributed by atoms with Crippen LogP contribution in [0.3, 0.4) is 0 Å². The Bertz CT molecular complexity index is 962. The third-order valence-electron chi connectivity index (χ3n) is 5.11. The Hall–Kier alpha value is -3.42. The lowest BCUT2D eigenvalue weighted by Gasteiger charge is -2.24. The van der Waals surface area contributed by atoms with Crippen molar-refractivity contribution < 1.29 is 18.5 Å². The standard InChI is InChI=1S/C22H24N4O4/c27-19(10-11-20-24-21(25-30-20)18-9-6-14-29-18)23-17(15-16-7-2-1-3-8-16)22(28)26-12-4-5-13-26/h1-3,6-9,14,17H,4-5,10-13,15H2,(H,23,27). The molecule has 2 aromatic heterocycles.